The van der Waals surface area contributed by atoms with Crippen LogP contribution in [0.15, 0.2) is 39.4 Å². The van der Waals surface area contributed by atoms with Gasteiger partial charge in [-0.2, -0.15) is 0 Å². The first-order valence-corrected chi connectivity index (χ1v) is 10.7. The highest BCUT2D eigenvalue weighted by molar-refractivity contribution is 9.11. The van der Waals surface area contributed by atoms with Crippen LogP contribution < -0.4 is 4.74 Å². The second-order valence-electron chi connectivity index (χ2n) is 6.66. The van der Waals surface area contributed by atoms with Crippen LogP contribution in [-0.2, 0) is 17.8 Å². The summed E-state index contributed by atoms with van der Waals surface area (Å²) >= 11 is 6.96. The monoisotopic (exact) mass is 517 g/mol. The largest absolute Gasteiger partial charge is 0.423 e. The Morgan fingerprint density at radius 2 is 1.90 bits per heavy atom. The first-order valence-electron chi connectivity index (χ1n) is 9.10. The molecule has 0 spiro atoms. The Balaban J connectivity index is 1.76. The Morgan fingerprint density at radius 1 is 1.10 bits per heavy atom. The molecule has 0 aliphatic carbocycles. The molecular weight excluding hydrogens is 502 g/mol. The van der Waals surface area contributed by atoms with Gasteiger partial charge in [-0.1, -0.05) is 24.6 Å². The van der Waals surface area contributed by atoms with E-state index in [1.807, 2.05) is 29.1 Å². The summed E-state index contributed by atoms with van der Waals surface area (Å²) < 4.78 is 8.58. The summed E-state index contributed by atoms with van der Waals surface area (Å²) in [5.41, 5.74) is 4.65. The average Bonchev–Trinajstić information content (AvgIpc) is 3.11. The predicted molar refractivity (Wildman–Crippen MR) is 117 cm³/mol. The summed E-state index contributed by atoms with van der Waals surface area (Å²) in [6, 6.07) is 7.69. The maximum absolute atomic E-state index is 11.5. The van der Waals surface area contributed by atoms with Gasteiger partial charge in [0.2, 0.25) is 0 Å². The standard InChI is InChI=1S/C20H17Br2N5O2/c1-3-4-13-10-27(26-25-13)9-12-5-6-16-17(7-12)24-18-14(21)8-15(22)20(19(18)23-16)29-11(2)28/h5-8,10H,3-4,9H2,1-2H3. The Kier molecular flexibility index (Phi) is 5.60. The first-order chi connectivity index (χ1) is 13.9. The fraction of sp³-hybridized carbons (Fsp3) is 0.250. The molecule has 0 fully saturated rings. The van der Waals surface area contributed by atoms with Gasteiger partial charge in [0, 0.05) is 17.6 Å². The maximum Gasteiger partial charge on any atom is 0.308 e. The zero-order chi connectivity index (χ0) is 20.5. The van der Waals surface area contributed by atoms with Gasteiger partial charge in [0.15, 0.2) is 5.75 Å². The lowest BCUT2D eigenvalue weighted by Gasteiger charge is -2.11. The van der Waals surface area contributed by atoms with Crippen molar-refractivity contribution >= 4 is 59.9 Å². The van der Waals surface area contributed by atoms with Gasteiger partial charge < -0.3 is 4.74 Å². The molecule has 0 saturated carbocycles. The zero-order valence-corrected chi connectivity index (χ0v) is 19.0. The summed E-state index contributed by atoms with van der Waals surface area (Å²) in [7, 11) is 0. The number of esters is 1. The van der Waals surface area contributed by atoms with Gasteiger partial charge in [0.25, 0.3) is 0 Å². The van der Waals surface area contributed by atoms with E-state index in [1.54, 1.807) is 6.07 Å². The van der Waals surface area contributed by atoms with Crippen molar-refractivity contribution in [2.45, 2.75) is 33.2 Å². The van der Waals surface area contributed by atoms with Crippen molar-refractivity contribution in [2.24, 2.45) is 0 Å². The van der Waals surface area contributed by atoms with E-state index in [0.29, 0.717) is 33.3 Å². The molecule has 2 aromatic carbocycles. The van der Waals surface area contributed by atoms with Gasteiger partial charge in [0.1, 0.15) is 11.0 Å². The molecule has 0 amide bonds. The van der Waals surface area contributed by atoms with E-state index < -0.39 is 5.97 Å². The first kappa shape index (κ1) is 19.9. The van der Waals surface area contributed by atoms with E-state index in [0.717, 1.165) is 34.1 Å². The van der Waals surface area contributed by atoms with Gasteiger partial charge >= 0.3 is 5.97 Å². The van der Waals surface area contributed by atoms with Crippen LogP contribution in [-0.4, -0.2) is 30.9 Å². The highest BCUT2D eigenvalue weighted by atomic mass is 79.9. The van der Waals surface area contributed by atoms with Crippen molar-refractivity contribution in [3.8, 4) is 5.75 Å². The summed E-state index contributed by atoms with van der Waals surface area (Å²) in [6.07, 6.45) is 3.93. The Hall–Kier alpha value is -2.39. The molecular formula is C20H17Br2N5O2. The quantitative estimate of drug-likeness (QED) is 0.214. The number of halogens is 2. The molecule has 0 radical (unpaired) electrons. The number of carbonyl (C=O) groups excluding carboxylic acids is 1. The van der Waals surface area contributed by atoms with Crippen LogP contribution in [0, 0.1) is 0 Å². The van der Waals surface area contributed by atoms with Crippen LogP contribution in [0.4, 0.5) is 0 Å². The molecule has 0 unspecified atom stereocenters. The third kappa shape index (κ3) is 4.16. The molecule has 2 aromatic heterocycles. The number of hydrogen-bond acceptors (Lipinski definition) is 6. The lowest BCUT2D eigenvalue weighted by atomic mass is 10.1. The number of carbonyl (C=O) groups is 1. The Morgan fingerprint density at radius 3 is 2.66 bits per heavy atom. The van der Waals surface area contributed by atoms with Crippen LogP contribution in [0.5, 0.6) is 5.75 Å². The van der Waals surface area contributed by atoms with Gasteiger partial charge in [-0.3, -0.25) is 4.79 Å². The summed E-state index contributed by atoms with van der Waals surface area (Å²) in [6.45, 7) is 4.08. The van der Waals surface area contributed by atoms with Crippen LogP contribution in [0.3, 0.4) is 0 Å². The number of hydrogen-bond donors (Lipinski definition) is 0. The number of aromatic nitrogens is 5. The number of benzene rings is 2. The smallest absolute Gasteiger partial charge is 0.308 e. The lowest BCUT2D eigenvalue weighted by Crippen LogP contribution is -2.04. The molecule has 4 rings (SSSR count). The molecule has 0 bridgehead atoms. The molecule has 0 atom stereocenters. The van der Waals surface area contributed by atoms with Crippen LogP contribution in [0.1, 0.15) is 31.5 Å². The number of rotatable bonds is 5. The lowest BCUT2D eigenvalue weighted by molar-refractivity contribution is -0.131. The Bertz CT molecular complexity index is 1240. The third-order valence-electron chi connectivity index (χ3n) is 4.32. The zero-order valence-electron chi connectivity index (χ0n) is 15.8. The fourth-order valence-electron chi connectivity index (χ4n) is 3.10. The minimum absolute atomic E-state index is 0.361. The number of fused-ring (bicyclic) bond motifs is 2. The van der Waals surface area contributed by atoms with E-state index in [2.05, 4.69) is 49.1 Å². The van der Waals surface area contributed by atoms with E-state index in [-0.39, 0.29) is 0 Å². The molecule has 29 heavy (non-hydrogen) atoms. The van der Waals surface area contributed by atoms with Crippen molar-refractivity contribution in [2.75, 3.05) is 0 Å². The minimum atomic E-state index is -0.415. The highest BCUT2D eigenvalue weighted by Crippen LogP contribution is 2.37. The Labute approximate surface area is 183 Å². The topological polar surface area (TPSA) is 82.8 Å². The second-order valence-corrected chi connectivity index (χ2v) is 8.37. The van der Waals surface area contributed by atoms with Gasteiger partial charge in [-0.05, 0) is 62.0 Å². The molecule has 4 aromatic rings. The van der Waals surface area contributed by atoms with Crippen LogP contribution in [0.2, 0.25) is 0 Å². The summed E-state index contributed by atoms with van der Waals surface area (Å²) in [5.74, 6) is -0.0536. The molecule has 0 saturated heterocycles. The third-order valence-corrected chi connectivity index (χ3v) is 5.52. The normalized spacial score (nSPS) is 11.3. The number of ether oxygens (including phenoxy) is 1. The van der Waals surface area contributed by atoms with Crippen molar-refractivity contribution in [3.63, 3.8) is 0 Å². The van der Waals surface area contributed by atoms with Crippen LogP contribution in [0.25, 0.3) is 22.1 Å². The van der Waals surface area contributed by atoms with E-state index in [9.17, 15) is 4.79 Å². The minimum Gasteiger partial charge on any atom is -0.423 e. The maximum atomic E-state index is 11.5. The van der Waals surface area contributed by atoms with Crippen molar-refractivity contribution in [1.82, 2.24) is 25.0 Å². The molecule has 0 aliphatic heterocycles. The van der Waals surface area contributed by atoms with Gasteiger partial charge in [-0.15, -0.1) is 5.10 Å². The molecule has 2 heterocycles. The number of aryl methyl sites for hydroxylation is 1. The second kappa shape index (κ2) is 8.16. The molecule has 9 heteroatoms. The fourth-order valence-corrected chi connectivity index (χ4v) is 4.41. The SMILES string of the molecule is CCCc1cn(Cc2ccc3nc4c(OC(C)=O)c(Br)cc(Br)c4nc3c2)nn1. The average molecular weight is 519 g/mol. The van der Waals surface area contributed by atoms with Gasteiger partial charge in [-0.25, -0.2) is 14.6 Å². The predicted octanol–water partition coefficient (Wildman–Crippen LogP) is 4.83. The summed E-state index contributed by atoms with van der Waals surface area (Å²) in [5, 5.41) is 8.38. The molecule has 148 valence electrons. The van der Waals surface area contributed by atoms with Crippen LogP contribution >= 0.6 is 31.9 Å². The molecule has 0 N–H and O–H groups in total. The summed E-state index contributed by atoms with van der Waals surface area (Å²) in [4.78, 5) is 21.0. The van der Waals surface area contributed by atoms with Crippen molar-refractivity contribution in [1.29, 1.82) is 0 Å². The van der Waals surface area contributed by atoms with E-state index >= 15 is 0 Å². The molecule has 0 aliphatic rings. The van der Waals surface area contributed by atoms with Crippen molar-refractivity contribution < 1.29 is 9.53 Å². The van der Waals surface area contributed by atoms with E-state index in [1.165, 1.54) is 6.92 Å². The van der Waals surface area contributed by atoms with Crippen molar-refractivity contribution in [3.05, 3.63) is 50.7 Å². The van der Waals surface area contributed by atoms with E-state index in [4.69, 9.17) is 14.7 Å². The highest BCUT2D eigenvalue weighted by Gasteiger charge is 2.16. The van der Waals surface area contributed by atoms with Gasteiger partial charge in [0.05, 0.1) is 27.7 Å². The number of nitrogens with zero attached hydrogens (tertiary/aromatic N) is 5. The molecule has 7 nitrogen and oxygen atoms in total.